The zero-order chi connectivity index (χ0) is 14.9. The van der Waals surface area contributed by atoms with Crippen LogP contribution < -0.4 is 10.0 Å². The number of pyridine rings is 1. The highest BCUT2D eigenvalue weighted by atomic mass is 32.2. The number of nitrogens with one attached hydrogen (secondary N) is 2. The summed E-state index contributed by atoms with van der Waals surface area (Å²) in [6.45, 7) is 0.427. The average molecular weight is 303 g/mol. The minimum absolute atomic E-state index is 0.231. The van der Waals surface area contributed by atoms with Gasteiger partial charge in [-0.2, -0.15) is 0 Å². The molecule has 2 N–H and O–H groups in total. The van der Waals surface area contributed by atoms with Gasteiger partial charge in [-0.05, 0) is 23.6 Å². The van der Waals surface area contributed by atoms with E-state index in [4.69, 9.17) is 0 Å². The summed E-state index contributed by atoms with van der Waals surface area (Å²) in [4.78, 5) is 4.25. The molecule has 0 aliphatic heterocycles. The van der Waals surface area contributed by atoms with Crippen LogP contribution in [0.1, 0.15) is 17.0 Å². The monoisotopic (exact) mass is 303 g/mol. The van der Waals surface area contributed by atoms with Crippen molar-refractivity contribution in [3.05, 3.63) is 53.7 Å². The van der Waals surface area contributed by atoms with E-state index in [1.165, 1.54) is 29.5 Å². The maximum atomic E-state index is 12.3. The third-order valence-corrected chi connectivity index (χ3v) is 5.20. The number of benzene rings is 1. The highest BCUT2D eigenvalue weighted by Gasteiger charge is 2.27. The number of fused-ring (bicyclic) bond motifs is 1. The summed E-state index contributed by atoms with van der Waals surface area (Å²) < 4.78 is 27.3. The van der Waals surface area contributed by atoms with Crippen LogP contribution in [0.2, 0.25) is 0 Å². The normalized spacial score (nSPS) is 16.9. The highest BCUT2D eigenvalue weighted by molar-refractivity contribution is 7.89. The smallest absolute Gasteiger partial charge is 0.240 e. The third kappa shape index (κ3) is 2.77. The van der Waals surface area contributed by atoms with Gasteiger partial charge in [0.15, 0.2) is 0 Å². The molecule has 0 saturated carbocycles. The molecule has 0 bridgehead atoms. The molecule has 1 aliphatic rings. The maximum Gasteiger partial charge on any atom is 0.240 e. The molecule has 2 aromatic rings. The Labute approximate surface area is 124 Å². The first-order chi connectivity index (χ1) is 10.1. The van der Waals surface area contributed by atoms with Crippen LogP contribution in [0, 0.1) is 0 Å². The number of rotatable bonds is 5. The molecule has 0 saturated heterocycles. The highest BCUT2D eigenvalue weighted by Crippen LogP contribution is 2.34. The first-order valence-corrected chi connectivity index (χ1v) is 8.30. The molecule has 3 rings (SSSR count). The summed E-state index contributed by atoms with van der Waals surface area (Å²) in [6.07, 6.45) is 2.41. The Morgan fingerprint density at radius 3 is 2.86 bits per heavy atom. The van der Waals surface area contributed by atoms with Crippen molar-refractivity contribution in [3.63, 3.8) is 0 Å². The number of sulfonamides is 1. The molecule has 1 aromatic heterocycles. The zero-order valence-corrected chi connectivity index (χ0v) is 12.5. The molecule has 6 heteroatoms. The second-order valence-electron chi connectivity index (χ2n) is 5.08. The van der Waals surface area contributed by atoms with E-state index in [1.807, 2.05) is 12.1 Å². The van der Waals surface area contributed by atoms with Gasteiger partial charge < -0.3 is 5.32 Å². The molecule has 1 aromatic carbocycles. The third-order valence-electron chi connectivity index (χ3n) is 3.78. The summed E-state index contributed by atoms with van der Waals surface area (Å²) >= 11 is 0. The first kappa shape index (κ1) is 14.0. The maximum absolute atomic E-state index is 12.3. The van der Waals surface area contributed by atoms with Crippen LogP contribution in [0.4, 0.5) is 5.82 Å². The zero-order valence-electron chi connectivity index (χ0n) is 11.7. The second kappa shape index (κ2) is 5.46. The minimum Gasteiger partial charge on any atom is -0.373 e. The van der Waals surface area contributed by atoms with Crippen LogP contribution >= 0.6 is 0 Å². The molecule has 110 valence electrons. The Morgan fingerprint density at radius 2 is 2.10 bits per heavy atom. The summed E-state index contributed by atoms with van der Waals surface area (Å²) in [5.41, 5.74) is 2.55. The lowest BCUT2D eigenvalue weighted by atomic mass is 9.78. The summed E-state index contributed by atoms with van der Waals surface area (Å²) in [7, 11) is -1.79. The molecule has 0 radical (unpaired) electrons. The van der Waals surface area contributed by atoms with Crippen molar-refractivity contribution in [2.75, 3.05) is 18.9 Å². The Balaban J connectivity index is 1.70. The fraction of sp³-hybridized carbons (Fsp3) is 0.267. The lowest BCUT2D eigenvalue weighted by molar-refractivity contribution is 0.552. The van der Waals surface area contributed by atoms with Crippen molar-refractivity contribution in [1.82, 2.24) is 9.71 Å². The van der Waals surface area contributed by atoms with E-state index in [1.54, 1.807) is 7.05 Å². The van der Waals surface area contributed by atoms with Crippen LogP contribution in [0.5, 0.6) is 0 Å². The first-order valence-electron chi connectivity index (χ1n) is 6.81. The van der Waals surface area contributed by atoms with E-state index in [9.17, 15) is 8.42 Å². The number of hydrogen-bond acceptors (Lipinski definition) is 4. The molecule has 0 spiro atoms. The Hall–Kier alpha value is -1.92. The molecule has 1 atom stereocenters. The quantitative estimate of drug-likeness (QED) is 0.882. The number of hydrogen-bond donors (Lipinski definition) is 2. The fourth-order valence-corrected chi connectivity index (χ4v) is 3.65. The molecular formula is C15H17N3O2S. The van der Waals surface area contributed by atoms with Gasteiger partial charge in [-0.25, -0.2) is 18.1 Å². The van der Waals surface area contributed by atoms with Crippen molar-refractivity contribution in [3.8, 4) is 0 Å². The van der Waals surface area contributed by atoms with Crippen molar-refractivity contribution >= 4 is 15.8 Å². The van der Waals surface area contributed by atoms with Crippen LogP contribution in [0.25, 0.3) is 0 Å². The Morgan fingerprint density at radius 1 is 1.29 bits per heavy atom. The largest absolute Gasteiger partial charge is 0.373 e. The Kier molecular flexibility index (Phi) is 3.65. The van der Waals surface area contributed by atoms with Crippen LogP contribution in [-0.4, -0.2) is 27.0 Å². The van der Waals surface area contributed by atoms with E-state index in [-0.39, 0.29) is 10.8 Å². The van der Waals surface area contributed by atoms with E-state index in [0.717, 1.165) is 6.42 Å². The molecule has 0 amide bonds. The standard InChI is InChI=1S/C15H17N3O2S/c1-16-15-9-13(6-7-17-15)21(19,20)18-10-12-8-11-4-2-3-5-14(11)12/h2-7,9,12,18H,8,10H2,1H3,(H,16,17). The van der Waals surface area contributed by atoms with Gasteiger partial charge in [0.2, 0.25) is 10.0 Å². The molecule has 1 aliphatic carbocycles. The minimum atomic E-state index is -3.50. The molecule has 5 nitrogen and oxygen atoms in total. The SMILES string of the molecule is CNc1cc(S(=O)(=O)NCC2Cc3ccccc32)ccn1. The van der Waals surface area contributed by atoms with E-state index >= 15 is 0 Å². The van der Waals surface area contributed by atoms with Gasteiger partial charge in [0.05, 0.1) is 4.90 Å². The van der Waals surface area contributed by atoms with Gasteiger partial charge >= 0.3 is 0 Å². The van der Waals surface area contributed by atoms with Gasteiger partial charge in [-0.15, -0.1) is 0 Å². The van der Waals surface area contributed by atoms with Crippen LogP contribution in [-0.2, 0) is 16.4 Å². The number of anilines is 1. The molecule has 0 fully saturated rings. The van der Waals surface area contributed by atoms with Crippen molar-refractivity contribution in [2.45, 2.75) is 17.2 Å². The van der Waals surface area contributed by atoms with Crippen LogP contribution in [0.3, 0.4) is 0 Å². The van der Waals surface area contributed by atoms with Gasteiger partial charge in [0.1, 0.15) is 5.82 Å². The lowest BCUT2D eigenvalue weighted by Crippen LogP contribution is -2.33. The molecule has 21 heavy (non-hydrogen) atoms. The van der Waals surface area contributed by atoms with Gasteiger partial charge in [0.25, 0.3) is 0 Å². The topological polar surface area (TPSA) is 71.1 Å². The summed E-state index contributed by atoms with van der Waals surface area (Å²) in [6, 6.07) is 11.2. The van der Waals surface area contributed by atoms with Crippen molar-refractivity contribution < 1.29 is 8.42 Å². The van der Waals surface area contributed by atoms with E-state index < -0.39 is 10.0 Å². The van der Waals surface area contributed by atoms with Crippen molar-refractivity contribution in [2.24, 2.45) is 0 Å². The molecular weight excluding hydrogens is 286 g/mol. The van der Waals surface area contributed by atoms with E-state index in [2.05, 4.69) is 27.2 Å². The number of aromatic nitrogens is 1. The summed E-state index contributed by atoms with van der Waals surface area (Å²) in [5, 5.41) is 2.84. The predicted octanol–water partition coefficient (Wildman–Crippen LogP) is 1.74. The lowest BCUT2D eigenvalue weighted by Gasteiger charge is -2.30. The Bertz CT molecular complexity index is 759. The van der Waals surface area contributed by atoms with Gasteiger partial charge in [-0.1, -0.05) is 24.3 Å². The van der Waals surface area contributed by atoms with E-state index in [0.29, 0.717) is 12.4 Å². The van der Waals surface area contributed by atoms with Gasteiger partial charge in [-0.3, -0.25) is 0 Å². The number of nitrogens with zero attached hydrogens (tertiary/aromatic N) is 1. The van der Waals surface area contributed by atoms with Gasteiger partial charge in [0, 0.05) is 31.8 Å². The fourth-order valence-electron chi connectivity index (χ4n) is 2.55. The predicted molar refractivity (Wildman–Crippen MR) is 81.9 cm³/mol. The molecule has 1 heterocycles. The molecule has 1 unspecified atom stereocenters. The summed E-state index contributed by atoms with van der Waals surface area (Å²) in [5.74, 6) is 0.799. The second-order valence-corrected chi connectivity index (χ2v) is 6.85. The average Bonchev–Trinajstić information content (AvgIpc) is 2.48. The van der Waals surface area contributed by atoms with Crippen LogP contribution in [0.15, 0.2) is 47.5 Å². The van der Waals surface area contributed by atoms with Crippen molar-refractivity contribution in [1.29, 1.82) is 0 Å².